The normalized spacial score (nSPS) is 11.8. The van der Waals surface area contributed by atoms with Gasteiger partial charge in [0.05, 0.1) is 13.0 Å². The molecule has 0 N–H and O–H groups in total. The van der Waals surface area contributed by atoms with E-state index in [1.165, 1.54) is 7.11 Å². The number of methoxy groups -OCH3 is 1. The topological polar surface area (TPSA) is 46.6 Å². The first kappa shape index (κ1) is 17.5. The van der Waals surface area contributed by atoms with E-state index in [0.29, 0.717) is 24.4 Å². The number of ether oxygens (including phenoxy) is 1. The molecular weight excluding hydrogens is 290 g/mol. The summed E-state index contributed by atoms with van der Waals surface area (Å²) in [5.74, 6) is -0.477. The fraction of sp³-hybridized carbons (Fsp3) is 0.500. The maximum atomic E-state index is 12.0. The predicted molar refractivity (Wildman–Crippen MR) is 83.2 cm³/mol. The molecule has 1 amide bonds. The van der Waals surface area contributed by atoms with Crippen molar-refractivity contribution in [2.45, 2.75) is 26.2 Å². The molecular formula is C16H22ClNO3. The van der Waals surface area contributed by atoms with Crippen molar-refractivity contribution in [2.24, 2.45) is 5.92 Å². The minimum atomic E-state index is -0.272. The minimum Gasteiger partial charge on any atom is -0.469 e. The van der Waals surface area contributed by atoms with Crippen LogP contribution in [0, 0.1) is 5.92 Å². The lowest BCUT2D eigenvalue weighted by molar-refractivity contribution is -0.145. The van der Waals surface area contributed by atoms with Gasteiger partial charge in [-0.1, -0.05) is 30.7 Å². The van der Waals surface area contributed by atoms with Gasteiger partial charge in [0, 0.05) is 25.0 Å². The number of hydrogen-bond donors (Lipinski definition) is 0. The third kappa shape index (κ3) is 6.17. The van der Waals surface area contributed by atoms with Gasteiger partial charge in [0.25, 0.3) is 0 Å². The van der Waals surface area contributed by atoms with Gasteiger partial charge in [0.2, 0.25) is 5.91 Å². The first-order valence-electron chi connectivity index (χ1n) is 7.00. The van der Waals surface area contributed by atoms with Crippen LogP contribution in [0.3, 0.4) is 0 Å². The number of amides is 1. The molecule has 0 radical (unpaired) electrons. The van der Waals surface area contributed by atoms with E-state index in [0.717, 1.165) is 12.0 Å². The Hall–Kier alpha value is -1.55. The highest BCUT2D eigenvalue weighted by molar-refractivity contribution is 6.30. The Labute approximate surface area is 131 Å². The van der Waals surface area contributed by atoms with Crippen molar-refractivity contribution in [1.82, 2.24) is 4.90 Å². The first-order valence-corrected chi connectivity index (χ1v) is 7.38. The average molecular weight is 312 g/mol. The van der Waals surface area contributed by atoms with Crippen LogP contribution >= 0.6 is 11.6 Å². The molecule has 1 atom stereocenters. The fourth-order valence-electron chi connectivity index (χ4n) is 1.92. The molecule has 4 nitrogen and oxygen atoms in total. The SMILES string of the molecule is COC(=O)[C@@H](C)CCC(=O)N(C)CCc1ccc(Cl)cc1. The summed E-state index contributed by atoms with van der Waals surface area (Å²) in [5.41, 5.74) is 1.14. The van der Waals surface area contributed by atoms with Crippen molar-refractivity contribution >= 4 is 23.5 Å². The molecule has 1 aromatic carbocycles. The molecule has 0 spiro atoms. The van der Waals surface area contributed by atoms with Crippen LogP contribution in [0.1, 0.15) is 25.3 Å². The Morgan fingerprint density at radius 1 is 1.29 bits per heavy atom. The minimum absolute atomic E-state index is 0.0414. The maximum absolute atomic E-state index is 12.0. The van der Waals surface area contributed by atoms with Crippen LogP contribution in [0.4, 0.5) is 0 Å². The van der Waals surface area contributed by atoms with Crippen LogP contribution in [-0.2, 0) is 20.7 Å². The van der Waals surface area contributed by atoms with Gasteiger partial charge in [-0.15, -0.1) is 0 Å². The van der Waals surface area contributed by atoms with Gasteiger partial charge < -0.3 is 9.64 Å². The van der Waals surface area contributed by atoms with E-state index in [9.17, 15) is 9.59 Å². The maximum Gasteiger partial charge on any atom is 0.308 e. The molecule has 1 aromatic rings. The summed E-state index contributed by atoms with van der Waals surface area (Å²) in [4.78, 5) is 25.0. The second kappa shape index (κ2) is 8.67. The van der Waals surface area contributed by atoms with Gasteiger partial charge in [-0.25, -0.2) is 0 Å². The number of hydrogen-bond acceptors (Lipinski definition) is 3. The lowest BCUT2D eigenvalue weighted by atomic mass is 10.1. The van der Waals surface area contributed by atoms with E-state index in [4.69, 9.17) is 11.6 Å². The zero-order valence-corrected chi connectivity index (χ0v) is 13.5. The van der Waals surface area contributed by atoms with Crippen LogP contribution in [-0.4, -0.2) is 37.5 Å². The number of rotatable bonds is 7. The Morgan fingerprint density at radius 2 is 1.90 bits per heavy atom. The second-order valence-electron chi connectivity index (χ2n) is 5.15. The smallest absolute Gasteiger partial charge is 0.308 e. The molecule has 0 fully saturated rings. The highest BCUT2D eigenvalue weighted by Gasteiger charge is 2.16. The van der Waals surface area contributed by atoms with Crippen LogP contribution in [0.2, 0.25) is 5.02 Å². The summed E-state index contributed by atoms with van der Waals surface area (Å²) in [6.07, 6.45) is 1.65. The molecule has 1 rings (SSSR count). The van der Waals surface area contributed by atoms with E-state index < -0.39 is 0 Å². The van der Waals surface area contributed by atoms with E-state index in [2.05, 4.69) is 4.74 Å². The predicted octanol–water partition coefficient (Wildman–Crippen LogP) is 2.93. The van der Waals surface area contributed by atoms with E-state index in [1.807, 2.05) is 24.3 Å². The zero-order chi connectivity index (χ0) is 15.8. The van der Waals surface area contributed by atoms with Gasteiger partial charge in [0.1, 0.15) is 0 Å². The van der Waals surface area contributed by atoms with E-state index in [-0.39, 0.29) is 17.8 Å². The number of nitrogens with zero attached hydrogens (tertiary/aromatic N) is 1. The van der Waals surface area contributed by atoms with Crippen molar-refractivity contribution in [1.29, 1.82) is 0 Å². The van der Waals surface area contributed by atoms with Crippen LogP contribution < -0.4 is 0 Å². The number of esters is 1. The molecule has 0 unspecified atom stereocenters. The summed E-state index contributed by atoms with van der Waals surface area (Å²) in [6, 6.07) is 7.60. The summed E-state index contributed by atoms with van der Waals surface area (Å²) in [5, 5.41) is 0.708. The van der Waals surface area contributed by atoms with Crippen molar-refractivity contribution in [3.05, 3.63) is 34.9 Å². The molecule has 21 heavy (non-hydrogen) atoms. The van der Waals surface area contributed by atoms with Gasteiger partial charge in [-0.05, 0) is 30.5 Å². The summed E-state index contributed by atoms with van der Waals surface area (Å²) < 4.78 is 4.65. The van der Waals surface area contributed by atoms with E-state index in [1.54, 1.807) is 18.9 Å². The highest BCUT2D eigenvalue weighted by Crippen LogP contribution is 2.11. The molecule has 0 aromatic heterocycles. The average Bonchev–Trinajstić information content (AvgIpc) is 2.50. The van der Waals surface area contributed by atoms with Gasteiger partial charge in [-0.2, -0.15) is 0 Å². The van der Waals surface area contributed by atoms with E-state index >= 15 is 0 Å². The van der Waals surface area contributed by atoms with Crippen molar-refractivity contribution < 1.29 is 14.3 Å². The van der Waals surface area contributed by atoms with Crippen molar-refractivity contribution in [3.8, 4) is 0 Å². The molecule has 0 heterocycles. The number of likely N-dealkylation sites (N-methyl/N-ethyl adjacent to an activating group) is 1. The standard InChI is InChI=1S/C16H22ClNO3/c1-12(16(20)21-3)4-9-15(19)18(2)11-10-13-5-7-14(17)8-6-13/h5-8,12H,4,9-11H2,1-3H3/t12-/m0/s1. The number of benzene rings is 1. The highest BCUT2D eigenvalue weighted by atomic mass is 35.5. The quantitative estimate of drug-likeness (QED) is 0.727. The lowest BCUT2D eigenvalue weighted by Crippen LogP contribution is -2.29. The second-order valence-corrected chi connectivity index (χ2v) is 5.59. The molecule has 5 heteroatoms. The van der Waals surface area contributed by atoms with Gasteiger partial charge >= 0.3 is 5.97 Å². The molecule has 116 valence electrons. The largest absolute Gasteiger partial charge is 0.469 e. The third-order valence-corrected chi connectivity index (χ3v) is 3.72. The van der Waals surface area contributed by atoms with Gasteiger partial charge in [-0.3, -0.25) is 9.59 Å². The molecule has 0 aliphatic rings. The Kier molecular flexibility index (Phi) is 7.23. The Morgan fingerprint density at radius 3 is 2.48 bits per heavy atom. The summed E-state index contributed by atoms with van der Waals surface area (Å²) in [6.45, 7) is 2.42. The van der Waals surface area contributed by atoms with Crippen molar-refractivity contribution in [2.75, 3.05) is 20.7 Å². The fourth-order valence-corrected chi connectivity index (χ4v) is 2.05. The molecule has 0 saturated heterocycles. The first-order chi connectivity index (χ1) is 9.93. The third-order valence-electron chi connectivity index (χ3n) is 3.47. The molecule has 0 bridgehead atoms. The molecule has 0 aliphatic heterocycles. The molecule has 0 saturated carbocycles. The van der Waals surface area contributed by atoms with Crippen LogP contribution in [0.5, 0.6) is 0 Å². The monoisotopic (exact) mass is 311 g/mol. The summed E-state index contributed by atoms with van der Waals surface area (Å²) >= 11 is 5.83. The van der Waals surface area contributed by atoms with Crippen LogP contribution in [0.15, 0.2) is 24.3 Å². The van der Waals surface area contributed by atoms with Crippen molar-refractivity contribution in [3.63, 3.8) is 0 Å². The molecule has 0 aliphatic carbocycles. The number of carbonyl (C=O) groups is 2. The van der Waals surface area contributed by atoms with Gasteiger partial charge in [0.15, 0.2) is 0 Å². The lowest BCUT2D eigenvalue weighted by Gasteiger charge is -2.18. The summed E-state index contributed by atoms with van der Waals surface area (Å²) in [7, 11) is 3.14. The Bertz CT molecular complexity index is 473. The zero-order valence-electron chi connectivity index (χ0n) is 12.8. The van der Waals surface area contributed by atoms with Crippen LogP contribution in [0.25, 0.3) is 0 Å². The number of halogens is 1. The Balaban J connectivity index is 2.34. The number of carbonyl (C=O) groups excluding carboxylic acids is 2.